The first-order chi connectivity index (χ1) is 13.9. The Morgan fingerprint density at radius 3 is 2.34 bits per heavy atom. The summed E-state index contributed by atoms with van der Waals surface area (Å²) in [4.78, 5) is 17.3. The monoisotopic (exact) mass is 428 g/mol. The molecule has 0 atom stereocenters. The Morgan fingerprint density at radius 1 is 0.897 bits per heavy atom. The molecule has 2 aromatic carbocycles. The van der Waals surface area contributed by atoms with Gasteiger partial charge in [0.15, 0.2) is 0 Å². The van der Waals surface area contributed by atoms with Crippen molar-refractivity contribution in [1.29, 1.82) is 0 Å². The van der Waals surface area contributed by atoms with Crippen molar-refractivity contribution in [2.24, 2.45) is 0 Å². The molecule has 0 bridgehead atoms. The second kappa shape index (κ2) is 8.09. The van der Waals surface area contributed by atoms with Crippen molar-refractivity contribution >= 4 is 34.8 Å². The van der Waals surface area contributed by atoms with Gasteiger partial charge in [-0.25, -0.2) is 4.68 Å². The molecular formula is C22H22Cl2N4O. The van der Waals surface area contributed by atoms with E-state index in [4.69, 9.17) is 23.2 Å². The molecular weight excluding hydrogens is 407 g/mol. The number of piperazine rings is 1. The van der Waals surface area contributed by atoms with Crippen molar-refractivity contribution in [3.05, 3.63) is 75.5 Å². The van der Waals surface area contributed by atoms with Gasteiger partial charge in [-0.2, -0.15) is 5.10 Å². The molecule has 3 aromatic rings. The van der Waals surface area contributed by atoms with E-state index in [0.29, 0.717) is 28.8 Å². The van der Waals surface area contributed by atoms with Gasteiger partial charge in [0.05, 0.1) is 21.4 Å². The van der Waals surface area contributed by atoms with Crippen LogP contribution < -0.4 is 4.90 Å². The number of aromatic nitrogens is 2. The van der Waals surface area contributed by atoms with Crippen LogP contribution in [-0.4, -0.2) is 46.8 Å². The summed E-state index contributed by atoms with van der Waals surface area (Å²) in [5.74, 6) is 0.000828. The van der Waals surface area contributed by atoms with E-state index in [-0.39, 0.29) is 5.91 Å². The lowest BCUT2D eigenvalue weighted by Crippen LogP contribution is -2.49. The van der Waals surface area contributed by atoms with E-state index in [1.165, 1.54) is 0 Å². The van der Waals surface area contributed by atoms with Gasteiger partial charge in [0, 0.05) is 31.9 Å². The zero-order valence-corrected chi connectivity index (χ0v) is 17.9. The number of carbonyl (C=O) groups excluding carboxylic acids is 1. The first-order valence-electron chi connectivity index (χ1n) is 9.55. The summed E-state index contributed by atoms with van der Waals surface area (Å²) in [6.07, 6.45) is 0. The van der Waals surface area contributed by atoms with Crippen LogP contribution >= 0.6 is 23.2 Å². The van der Waals surface area contributed by atoms with E-state index in [1.807, 2.05) is 61.2 Å². The van der Waals surface area contributed by atoms with Gasteiger partial charge in [0.2, 0.25) is 0 Å². The molecule has 1 aliphatic rings. The number of aryl methyl sites for hydroxylation is 2. The Morgan fingerprint density at radius 2 is 1.66 bits per heavy atom. The zero-order chi connectivity index (χ0) is 20.5. The van der Waals surface area contributed by atoms with E-state index in [1.54, 1.807) is 10.7 Å². The van der Waals surface area contributed by atoms with Gasteiger partial charge in [-0.1, -0.05) is 35.3 Å². The lowest BCUT2D eigenvalue weighted by Gasteiger charge is -2.36. The number of halogens is 2. The summed E-state index contributed by atoms with van der Waals surface area (Å²) in [6.45, 7) is 6.69. The number of carbonyl (C=O) groups is 1. The summed E-state index contributed by atoms with van der Waals surface area (Å²) in [5.41, 5.74) is 4.47. The van der Waals surface area contributed by atoms with E-state index in [9.17, 15) is 4.79 Å². The number of benzene rings is 2. The third kappa shape index (κ3) is 4.11. The number of anilines is 1. The molecule has 29 heavy (non-hydrogen) atoms. The van der Waals surface area contributed by atoms with Crippen LogP contribution in [0, 0.1) is 13.8 Å². The molecule has 0 spiro atoms. The van der Waals surface area contributed by atoms with Crippen LogP contribution in [0.2, 0.25) is 10.0 Å². The maximum atomic E-state index is 13.2. The van der Waals surface area contributed by atoms with Crippen LogP contribution in [0.15, 0.2) is 48.5 Å². The number of hydrogen-bond donors (Lipinski definition) is 0. The SMILES string of the molecule is Cc1cccc(-n2nc(C)cc2C(=O)N2CCN(c3ccc(Cl)c(Cl)c3)CC2)c1. The topological polar surface area (TPSA) is 41.4 Å². The van der Waals surface area contributed by atoms with Gasteiger partial charge in [-0.05, 0) is 55.8 Å². The Kier molecular flexibility index (Phi) is 5.52. The molecule has 1 saturated heterocycles. The Labute approximate surface area is 180 Å². The van der Waals surface area contributed by atoms with Crippen molar-refractivity contribution in [3.8, 4) is 5.69 Å². The number of amides is 1. The fraction of sp³-hybridized carbons (Fsp3) is 0.273. The first kappa shape index (κ1) is 19.8. The fourth-order valence-electron chi connectivity index (χ4n) is 3.62. The van der Waals surface area contributed by atoms with Crippen molar-refractivity contribution in [2.45, 2.75) is 13.8 Å². The highest BCUT2D eigenvalue weighted by Gasteiger charge is 2.26. The third-order valence-corrected chi connectivity index (χ3v) is 5.87. The average molecular weight is 429 g/mol. The number of hydrogen-bond acceptors (Lipinski definition) is 3. The molecule has 7 heteroatoms. The first-order valence-corrected chi connectivity index (χ1v) is 10.3. The average Bonchev–Trinajstić information content (AvgIpc) is 3.11. The molecule has 5 nitrogen and oxygen atoms in total. The molecule has 1 aliphatic heterocycles. The maximum absolute atomic E-state index is 13.2. The zero-order valence-electron chi connectivity index (χ0n) is 16.4. The van der Waals surface area contributed by atoms with Crippen molar-refractivity contribution < 1.29 is 4.79 Å². The lowest BCUT2D eigenvalue weighted by molar-refractivity contribution is 0.0737. The molecule has 0 radical (unpaired) electrons. The molecule has 0 aliphatic carbocycles. The molecule has 0 N–H and O–H groups in total. The van der Waals surface area contributed by atoms with Gasteiger partial charge in [0.25, 0.3) is 5.91 Å². The van der Waals surface area contributed by atoms with Crippen LogP contribution in [0.3, 0.4) is 0 Å². The molecule has 4 rings (SSSR count). The second-order valence-corrected chi connectivity index (χ2v) is 8.11. The van der Waals surface area contributed by atoms with E-state index in [2.05, 4.69) is 10.00 Å². The van der Waals surface area contributed by atoms with Crippen molar-refractivity contribution in [2.75, 3.05) is 31.1 Å². The molecule has 2 heterocycles. The molecule has 0 saturated carbocycles. The number of nitrogens with zero attached hydrogens (tertiary/aromatic N) is 4. The predicted molar refractivity (Wildman–Crippen MR) is 118 cm³/mol. The maximum Gasteiger partial charge on any atom is 0.272 e. The van der Waals surface area contributed by atoms with Crippen LogP contribution in [0.25, 0.3) is 5.69 Å². The Bertz CT molecular complexity index is 1050. The highest BCUT2D eigenvalue weighted by molar-refractivity contribution is 6.42. The smallest absolute Gasteiger partial charge is 0.272 e. The highest BCUT2D eigenvalue weighted by Crippen LogP contribution is 2.28. The minimum absolute atomic E-state index is 0.000828. The minimum atomic E-state index is 0.000828. The van der Waals surface area contributed by atoms with Gasteiger partial charge in [0.1, 0.15) is 5.69 Å². The third-order valence-electron chi connectivity index (χ3n) is 5.13. The summed E-state index contributed by atoms with van der Waals surface area (Å²) < 4.78 is 1.75. The van der Waals surface area contributed by atoms with E-state index < -0.39 is 0 Å². The van der Waals surface area contributed by atoms with Gasteiger partial charge in [-0.3, -0.25) is 4.79 Å². The van der Waals surface area contributed by atoms with Gasteiger partial charge < -0.3 is 9.80 Å². The van der Waals surface area contributed by atoms with Crippen LogP contribution in [-0.2, 0) is 0 Å². The summed E-state index contributed by atoms with van der Waals surface area (Å²) in [6, 6.07) is 15.5. The molecule has 1 amide bonds. The normalized spacial score (nSPS) is 14.3. The molecule has 150 valence electrons. The van der Waals surface area contributed by atoms with Crippen LogP contribution in [0.5, 0.6) is 0 Å². The summed E-state index contributed by atoms with van der Waals surface area (Å²) in [7, 11) is 0. The molecule has 1 fully saturated rings. The van der Waals surface area contributed by atoms with E-state index >= 15 is 0 Å². The lowest BCUT2D eigenvalue weighted by atomic mass is 10.2. The standard InChI is InChI=1S/C22H22Cl2N4O/c1-15-4-3-5-18(12-15)28-21(13-16(2)25-28)22(29)27-10-8-26(9-11-27)17-6-7-19(23)20(24)14-17/h3-7,12-14H,8-11H2,1-2H3. The number of rotatable bonds is 3. The quantitative estimate of drug-likeness (QED) is 0.603. The minimum Gasteiger partial charge on any atom is -0.368 e. The Balaban J connectivity index is 1.51. The largest absolute Gasteiger partial charge is 0.368 e. The molecule has 0 unspecified atom stereocenters. The summed E-state index contributed by atoms with van der Waals surface area (Å²) >= 11 is 12.2. The van der Waals surface area contributed by atoms with E-state index in [0.717, 1.165) is 35.7 Å². The van der Waals surface area contributed by atoms with Gasteiger partial charge >= 0.3 is 0 Å². The van der Waals surface area contributed by atoms with Crippen LogP contribution in [0.1, 0.15) is 21.7 Å². The molecule has 1 aromatic heterocycles. The highest BCUT2D eigenvalue weighted by atomic mass is 35.5. The second-order valence-electron chi connectivity index (χ2n) is 7.30. The predicted octanol–water partition coefficient (Wildman–Crippen LogP) is 4.76. The van der Waals surface area contributed by atoms with Crippen molar-refractivity contribution in [3.63, 3.8) is 0 Å². The fourth-order valence-corrected chi connectivity index (χ4v) is 3.91. The van der Waals surface area contributed by atoms with Crippen molar-refractivity contribution in [1.82, 2.24) is 14.7 Å². The van der Waals surface area contributed by atoms with Gasteiger partial charge in [-0.15, -0.1) is 0 Å². The van der Waals surface area contributed by atoms with Crippen LogP contribution in [0.4, 0.5) is 5.69 Å². The Hall–Kier alpha value is -2.50. The summed E-state index contributed by atoms with van der Waals surface area (Å²) in [5, 5.41) is 5.64.